The third kappa shape index (κ3) is 7.58. The molecule has 1 aromatic heterocycles. The van der Waals surface area contributed by atoms with Gasteiger partial charge in [-0.2, -0.15) is 16.8 Å². The Balaban J connectivity index is 1.82. The van der Waals surface area contributed by atoms with Crippen molar-refractivity contribution in [1.29, 1.82) is 0 Å². The second kappa shape index (κ2) is 14.4. The van der Waals surface area contributed by atoms with E-state index in [1.165, 1.54) is 6.07 Å². The van der Waals surface area contributed by atoms with E-state index in [2.05, 4.69) is 36.6 Å². The number of nitrogens with zero attached hydrogens (tertiary/aromatic N) is 1. The van der Waals surface area contributed by atoms with Crippen molar-refractivity contribution in [3.05, 3.63) is 146 Å². The smallest absolute Gasteiger partial charge is 0.295 e. The topological polar surface area (TPSA) is 123 Å². The number of aryl methyl sites for hydroxylation is 2. The molecule has 6 aromatic rings. The summed E-state index contributed by atoms with van der Waals surface area (Å²) < 4.78 is 78.8. The minimum atomic E-state index is -5.04. The number of halogens is 1. The highest BCUT2D eigenvalue weighted by molar-refractivity contribution is 7.86. The number of ether oxygens (including phenoxy) is 1. The van der Waals surface area contributed by atoms with Crippen LogP contribution in [-0.2, 0) is 26.8 Å². The van der Waals surface area contributed by atoms with Crippen molar-refractivity contribution in [3.8, 4) is 17.0 Å². The number of hydrogen-bond acceptors (Lipinski definition) is 5. The molecule has 0 bridgehead atoms. The summed E-state index contributed by atoms with van der Waals surface area (Å²) in [7, 11) is -8.27. The summed E-state index contributed by atoms with van der Waals surface area (Å²) in [6.07, 6.45) is 3.36. The van der Waals surface area contributed by atoms with Gasteiger partial charge in [-0.15, -0.1) is 0 Å². The largest absolute Gasteiger partial charge is 0.497 e. The van der Waals surface area contributed by atoms with E-state index >= 15 is 0 Å². The quantitative estimate of drug-likeness (QED) is 0.145. The molecule has 267 valence electrons. The fourth-order valence-corrected chi connectivity index (χ4v) is 8.07. The second-order valence-corrected chi connectivity index (χ2v) is 16.4. The Kier molecular flexibility index (Phi) is 10.2. The summed E-state index contributed by atoms with van der Waals surface area (Å²) in [5.41, 5.74) is 6.45. The van der Waals surface area contributed by atoms with Crippen LogP contribution in [0.4, 0.5) is 0 Å². The Morgan fingerprint density at radius 2 is 1.48 bits per heavy atom. The van der Waals surface area contributed by atoms with Gasteiger partial charge in [0.2, 0.25) is 0 Å². The number of hydrogen-bond donors (Lipinski definition) is 2. The molecule has 52 heavy (non-hydrogen) atoms. The van der Waals surface area contributed by atoms with Crippen LogP contribution in [0.15, 0.2) is 113 Å². The van der Waals surface area contributed by atoms with Crippen molar-refractivity contribution in [2.24, 2.45) is 5.92 Å². The van der Waals surface area contributed by atoms with Gasteiger partial charge in [0, 0.05) is 39.2 Å². The third-order valence-corrected chi connectivity index (χ3v) is 10.8. The van der Waals surface area contributed by atoms with E-state index in [0.29, 0.717) is 33.7 Å². The zero-order valence-corrected chi connectivity index (χ0v) is 31.6. The first-order valence-electron chi connectivity index (χ1n) is 16.4. The zero-order chi connectivity index (χ0) is 37.5. The van der Waals surface area contributed by atoms with Crippen LogP contribution in [-0.4, -0.2) is 37.6 Å². The lowest BCUT2D eigenvalue weighted by Gasteiger charge is -2.18. The summed E-state index contributed by atoms with van der Waals surface area (Å²) in [5.74, 6) is 0.929. The first-order chi connectivity index (χ1) is 24.5. The van der Waals surface area contributed by atoms with Crippen LogP contribution in [0.3, 0.4) is 0 Å². The molecule has 0 unspecified atom stereocenters. The van der Waals surface area contributed by atoms with Gasteiger partial charge in [0.05, 0.1) is 17.7 Å². The van der Waals surface area contributed by atoms with Crippen molar-refractivity contribution in [1.82, 2.24) is 4.57 Å². The van der Waals surface area contributed by atoms with E-state index < -0.39 is 30.0 Å². The van der Waals surface area contributed by atoms with Crippen molar-refractivity contribution < 1.29 is 30.7 Å². The molecule has 2 N–H and O–H groups in total. The minimum Gasteiger partial charge on any atom is -0.497 e. The third-order valence-electron chi connectivity index (χ3n) is 8.77. The molecule has 0 amide bonds. The Morgan fingerprint density at radius 1 is 0.827 bits per heavy atom. The van der Waals surface area contributed by atoms with Gasteiger partial charge in [-0.25, -0.2) is 0 Å². The van der Waals surface area contributed by atoms with Gasteiger partial charge in [-0.3, -0.25) is 9.11 Å². The Morgan fingerprint density at radius 3 is 2.06 bits per heavy atom. The van der Waals surface area contributed by atoms with Gasteiger partial charge in [0.1, 0.15) is 10.6 Å². The van der Waals surface area contributed by atoms with E-state index in [0.717, 1.165) is 56.2 Å². The molecule has 5 aromatic carbocycles. The van der Waals surface area contributed by atoms with Crippen LogP contribution in [0.2, 0.25) is 5.02 Å². The van der Waals surface area contributed by atoms with Crippen molar-refractivity contribution in [3.63, 3.8) is 0 Å². The maximum Gasteiger partial charge on any atom is 0.295 e. The SMILES string of the molecule is COc1ccc([C]=c2ccc(=C(c3ccc(S(=O)(=O)O)cc3S(=O)(=O)O)c3c(-c4ccc(Cl)cc4)n(CC(C)C)c4cc(C)cc(C)c34)cc2)cc1. The van der Waals surface area contributed by atoms with Gasteiger partial charge < -0.3 is 9.30 Å². The zero-order valence-electron chi connectivity index (χ0n) is 29.2. The predicted octanol–water partition coefficient (Wildman–Crippen LogP) is 7.69. The molecule has 0 saturated heterocycles. The lowest BCUT2D eigenvalue weighted by molar-refractivity contribution is 0.415. The van der Waals surface area contributed by atoms with Gasteiger partial charge >= 0.3 is 0 Å². The average Bonchev–Trinajstić information content (AvgIpc) is 3.38. The van der Waals surface area contributed by atoms with Crippen molar-refractivity contribution in [2.75, 3.05) is 7.11 Å². The highest BCUT2D eigenvalue weighted by Gasteiger charge is 2.29. The first kappa shape index (κ1) is 37.1. The number of fused-ring (bicyclic) bond motifs is 1. The number of benzene rings is 5. The van der Waals surface area contributed by atoms with Crippen LogP contribution in [0.25, 0.3) is 33.8 Å². The van der Waals surface area contributed by atoms with Gasteiger partial charge in [-0.05, 0) is 101 Å². The summed E-state index contributed by atoms with van der Waals surface area (Å²) in [6, 6.07) is 29.6. The normalized spacial score (nSPS) is 12.0. The Hall–Kier alpha value is -4.71. The average molecular weight is 755 g/mol. The fourth-order valence-electron chi connectivity index (χ4n) is 6.64. The fraction of sp³-hybridized carbons (Fsp3) is 0.171. The van der Waals surface area contributed by atoms with E-state index in [1.54, 1.807) is 19.2 Å². The van der Waals surface area contributed by atoms with Crippen LogP contribution in [0.1, 0.15) is 41.7 Å². The lowest BCUT2D eigenvalue weighted by Crippen LogP contribution is -2.16. The van der Waals surface area contributed by atoms with E-state index in [-0.39, 0.29) is 11.5 Å². The predicted molar refractivity (Wildman–Crippen MR) is 206 cm³/mol. The first-order valence-corrected chi connectivity index (χ1v) is 19.7. The number of aromatic nitrogens is 1. The molecule has 0 aliphatic rings. The van der Waals surface area contributed by atoms with Crippen LogP contribution in [0, 0.1) is 19.8 Å². The molecular formula is C41H37ClNO7S2. The summed E-state index contributed by atoms with van der Waals surface area (Å²) in [5, 5.41) is 2.73. The van der Waals surface area contributed by atoms with Crippen molar-refractivity contribution >= 4 is 54.4 Å². The lowest BCUT2D eigenvalue weighted by atomic mass is 9.89. The van der Waals surface area contributed by atoms with Crippen LogP contribution < -0.4 is 15.2 Å². The molecule has 0 atom stereocenters. The molecule has 1 heterocycles. The molecule has 0 spiro atoms. The molecule has 0 fully saturated rings. The van der Waals surface area contributed by atoms with Gasteiger partial charge in [-0.1, -0.05) is 86.1 Å². The molecule has 0 aliphatic heterocycles. The van der Waals surface area contributed by atoms with E-state index in [4.69, 9.17) is 16.3 Å². The van der Waals surface area contributed by atoms with Gasteiger partial charge in [0.15, 0.2) is 0 Å². The molecule has 0 aliphatic carbocycles. The van der Waals surface area contributed by atoms with Crippen LogP contribution >= 0.6 is 11.6 Å². The molecule has 1 radical (unpaired) electrons. The monoisotopic (exact) mass is 754 g/mol. The summed E-state index contributed by atoms with van der Waals surface area (Å²) in [4.78, 5) is -1.34. The molecule has 0 saturated carbocycles. The van der Waals surface area contributed by atoms with Crippen LogP contribution in [0.5, 0.6) is 5.75 Å². The summed E-state index contributed by atoms with van der Waals surface area (Å²) in [6.45, 7) is 8.86. The highest BCUT2D eigenvalue weighted by atomic mass is 35.5. The maximum atomic E-state index is 13.1. The molecule has 11 heteroatoms. The Labute approximate surface area is 308 Å². The highest BCUT2D eigenvalue weighted by Crippen LogP contribution is 2.43. The van der Waals surface area contributed by atoms with Crippen molar-refractivity contribution in [2.45, 2.75) is 44.0 Å². The number of rotatable bonds is 9. The van der Waals surface area contributed by atoms with Gasteiger partial charge in [0.25, 0.3) is 20.2 Å². The number of methoxy groups -OCH3 is 1. The molecule has 6 rings (SSSR count). The van der Waals surface area contributed by atoms with E-state index in [1.807, 2.05) is 74.5 Å². The molecular weight excluding hydrogens is 718 g/mol. The Bertz CT molecular complexity index is 2660. The maximum absolute atomic E-state index is 13.1. The standard InChI is InChI=1S/C41H37ClNO7S2/c1-25(2)24-43-36-21-26(3)20-27(4)38(36)40(41(43)31-12-14-32(42)15-13-31)39(35-19-18-34(51(44,45)46)23-37(35)52(47,48)49)30-10-6-28(7-11-30)22-29-8-16-33(50-5)17-9-29/h6-21,23,25H,24H2,1-5H3,(H,44,45,46)(H,47,48,49). The minimum absolute atomic E-state index is 0.0459. The summed E-state index contributed by atoms with van der Waals surface area (Å²) >= 11 is 6.36. The van der Waals surface area contributed by atoms with E-state index in [9.17, 15) is 25.9 Å². The molecule has 8 nitrogen and oxygen atoms in total. The second-order valence-electron chi connectivity index (χ2n) is 13.1.